The minimum absolute atomic E-state index is 0.0780. The number of nitriles is 1. The molecule has 2 saturated heterocycles. The highest BCUT2D eigenvalue weighted by Gasteiger charge is 2.79. The highest BCUT2D eigenvalue weighted by molar-refractivity contribution is 6.69. The second-order valence-electron chi connectivity index (χ2n) is 11.9. The summed E-state index contributed by atoms with van der Waals surface area (Å²) in [5.74, 6) is 0.643. The van der Waals surface area contributed by atoms with Crippen molar-refractivity contribution in [1.82, 2.24) is 0 Å². The molecule has 6 atom stereocenters. The first-order chi connectivity index (χ1) is 14.1. The summed E-state index contributed by atoms with van der Waals surface area (Å²) in [6.45, 7) is 10.4. The number of allylic oxidation sites excluding steroid dienone is 1. The van der Waals surface area contributed by atoms with Gasteiger partial charge in [0.15, 0.2) is 14.1 Å². The summed E-state index contributed by atoms with van der Waals surface area (Å²) in [4.78, 5) is 0. The molecule has 5 nitrogen and oxygen atoms in total. The predicted octanol–water partition coefficient (Wildman–Crippen LogP) is 4.69. The van der Waals surface area contributed by atoms with Crippen LogP contribution in [0.4, 0.5) is 0 Å². The summed E-state index contributed by atoms with van der Waals surface area (Å²) in [7, 11) is -1.83. The number of hydrogen-bond acceptors (Lipinski definition) is 5. The van der Waals surface area contributed by atoms with E-state index in [9.17, 15) is 5.26 Å². The van der Waals surface area contributed by atoms with Gasteiger partial charge in [-0.2, -0.15) is 5.26 Å². The number of rotatable bonds is 2. The fourth-order valence-corrected chi connectivity index (χ4v) is 9.65. The number of epoxide rings is 1. The molecular weight excluding hydrogens is 394 g/mol. The van der Waals surface area contributed by atoms with Gasteiger partial charge in [0.2, 0.25) is 0 Å². The van der Waals surface area contributed by atoms with Gasteiger partial charge in [0.1, 0.15) is 16.8 Å². The summed E-state index contributed by atoms with van der Waals surface area (Å²) in [5.41, 5.74) is 0.643. The zero-order chi connectivity index (χ0) is 21.0. The fourth-order valence-electron chi connectivity index (χ4n) is 8.23. The van der Waals surface area contributed by atoms with Crippen LogP contribution < -0.4 is 0 Å². The normalized spacial score (nSPS) is 50.7. The Balaban J connectivity index is 1.33. The first-order valence-electron chi connectivity index (χ1n) is 11.9. The van der Waals surface area contributed by atoms with Crippen LogP contribution in [-0.4, -0.2) is 44.1 Å². The van der Waals surface area contributed by atoms with Gasteiger partial charge >= 0.3 is 0 Å². The van der Waals surface area contributed by atoms with E-state index >= 15 is 0 Å². The van der Waals surface area contributed by atoms with Crippen molar-refractivity contribution < 1.29 is 18.6 Å². The van der Waals surface area contributed by atoms with Gasteiger partial charge in [-0.15, -0.1) is 0 Å². The molecule has 6 heteroatoms. The third kappa shape index (κ3) is 2.31. The molecular formula is C24H35NO4Si. The monoisotopic (exact) mass is 429 g/mol. The molecule has 6 aliphatic rings. The molecule has 30 heavy (non-hydrogen) atoms. The molecule has 6 rings (SSSR count). The number of ether oxygens (including phenoxy) is 3. The molecule has 0 aromatic heterocycles. The van der Waals surface area contributed by atoms with E-state index in [1.807, 2.05) is 0 Å². The predicted molar refractivity (Wildman–Crippen MR) is 114 cm³/mol. The molecule has 0 aromatic carbocycles. The molecule has 0 radical (unpaired) electrons. The molecule has 164 valence electrons. The quantitative estimate of drug-likeness (QED) is 0.362. The Morgan fingerprint density at radius 2 is 1.87 bits per heavy atom. The Hall–Kier alpha value is -0.713. The molecule has 0 amide bonds. The Bertz CT molecular complexity index is 854. The van der Waals surface area contributed by atoms with E-state index in [4.69, 9.17) is 18.6 Å². The lowest BCUT2D eigenvalue weighted by Gasteiger charge is -2.52. The topological polar surface area (TPSA) is 64.0 Å². The lowest BCUT2D eigenvalue weighted by atomic mass is 9.53. The minimum atomic E-state index is -1.83. The summed E-state index contributed by atoms with van der Waals surface area (Å²) < 4.78 is 25.5. The van der Waals surface area contributed by atoms with E-state index in [1.54, 1.807) is 5.57 Å². The van der Waals surface area contributed by atoms with Crippen molar-refractivity contribution in [3.8, 4) is 6.07 Å². The van der Waals surface area contributed by atoms with E-state index in [2.05, 4.69) is 38.7 Å². The lowest BCUT2D eigenvalue weighted by molar-refractivity contribution is -0.185. The number of hydrogen-bond donors (Lipinski definition) is 0. The zero-order valence-corrected chi connectivity index (χ0v) is 19.9. The summed E-state index contributed by atoms with van der Waals surface area (Å²) in [5, 5.41) is 10.3. The highest BCUT2D eigenvalue weighted by Crippen LogP contribution is 2.74. The van der Waals surface area contributed by atoms with E-state index in [1.165, 1.54) is 0 Å². The molecule has 2 aliphatic heterocycles. The first-order valence-corrected chi connectivity index (χ1v) is 15.3. The average Bonchev–Trinajstić information content (AvgIpc) is 3.01. The molecule has 3 saturated carbocycles. The van der Waals surface area contributed by atoms with Crippen molar-refractivity contribution >= 4 is 8.32 Å². The largest absolute Gasteiger partial charge is 0.399 e. The molecule has 5 fully saturated rings. The van der Waals surface area contributed by atoms with Gasteiger partial charge in [-0.25, -0.2) is 0 Å². The highest BCUT2D eigenvalue weighted by atomic mass is 28.4. The number of nitrogens with zero attached hydrogens (tertiary/aromatic N) is 1. The average molecular weight is 430 g/mol. The van der Waals surface area contributed by atoms with E-state index < -0.39 is 19.7 Å². The van der Waals surface area contributed by atoms with Crippen LogP contribution in [0.1, 0.15) is 58.3 Å². The maximum Gasteiger partial charge on any atom is 0.185 e. The lowest BCUT2D eigenvalue weighted by Crippen LogP contribution is -2.56. The van der Waals surface area contributed by atoms with Crippen LogP contribution in [0.2, 0.25) is 19.6 Å². The van der Waals surface area contributed by atoms with E-state index in [0.717, 1.165) is 51.4 Å². The third-order valence-electron chi connectivity index (χ3n) is 9.46. The summed E-state index contributed by atoms with van der Waals surface area (Å²) >= 11 is 0. The second kappa shape index (κ2) is 5.79. The minimum Gasteiger partial charge on any atom is -0.399 e. The van der Waals surface area contributed by atoms with Crippen molar-refractivity contribution in [2.75, 3.05) is 13.2 Å². The Morgan fingerprint density at radius 1 is 1.10 bits per heavy atom. The van der Waals surface area contributed by atoms with Gasteiger partial charge in [0.25, 0.3) is 0 Å². The van der Waals surface area contributed by atoms with Crippen LogP contribution in [-0.2, 0) is 18.6 Å². The van der Waals surface area contributed by atoms with Crippen molar-refractivity contribution in [3.05, 3.63) is 11.6 Å². The Labute approximate surface area is 181 Å². The SMILES string of the molecule is C[C@]12CC=C3[C@@H](CC[C@@]45CC6(CC[C@@]34O5)OCCO6)[C@@H]1CC[C@@]2(C#N)O[Si](C)(C)C. The van der Waals surface area contributed by atoms with Gasteiger partial charge in [-0.3, -0.25) is 0 Å². The standard InChI is InChI=1S/C24H35NO4Si/c1-20-8-6-19-17(18(20)7-10-22(20,16-25)29-30(2,3)4)5-9-21-15-23(26-13-14-27-23)11-12-24(19,21)28-21/h6,17-18H,5,7-15H2,1-4H3/t17-,18-,20-,21+,22-,24+/m0/s1. The van der Waals surface area contributed by atoms with Crippen LogP contribution in [0.15, 0.2) is 11.6 Å². The molecule has 2 heterocycles. The summed E-state index contributed by atoms with van der Waals surface area (Å²) in [6, 6.07) is 2.70. The second-order valence-corrected chi connectivity index (χ2v) is 16.4. The van der Waals surface area contributed by atoms with Crippen LogP contribution >= 0.6 is 0 Å². The van der Waals surface area contributed by atoms with Crippen molar-refractivity contribution in [2.45, 2.75) is 101 Å². The molecule has 0 aromatic rings. The molecule has 0 bridgehead atoms. The van der Waals surface area contributed by atoms with Crippen LogP contribution in [0.3, 0.4) is 0 Å². The van der Waals surface area contributed by atoms with Crippen molar-refractivity contribution in [3.63, 3.8) is 0 Å². The smallest absolute Gasteiger partial charge is 0.185 e. The fraction of sp³-hybridized carbons (Fsp3) is 0.875. The van der Waals surface area contributed by atoms with Crippen LogP contribution in [0, 0.1) is 28.6 Å². The van der Waals surface area contributed by atoms with Gasteiger partial charge in [0, 0.05) is 18.3 Å². The maximum atomic E-state index is 10.3. The Kier molecular flexibility index (Phi) is 3.85. The van der Waals surface area contributed by atoms with Gasteiger partial charge in [-0.05, 0) is 75.6 Å². The van der Waals surface area contributed by atoms with Gasteiger partial charge < -0.3 is 18.6 Å². The molecule has 0 unspecified atom stereocenters. The Morgan fingerprint density at radius 3 is 2.57 bits per heavy atom. The van der Waals surface area contributed by atoms with E-state index in [0.29, 0.717) is 25.0 Å². The molecule has 1 spiro atoms. The maximum absolute atomic E-state index is 10.3. The number of fused-ring (bicyclic) bond motifs is 3. The molecule has 4 aliphatic carbocycles. The van der Waals surface area contributed by atoms with Gasteiger partial charge in [-0.1, -0.05) is 13.0 Å². The van der Waals surface area contributed by atoms with Crippen LogP contribution in [0.25, 0.3) is 0 Å². The summed E-state index contributed by atoms with van der Waals surface area (Å²) in [6.07, 6.45) is 10.4. The van der Waals surface area contributed by atoms with Crippen molar-refractivity contribution in [1.29, 1.82) is 5.26 Å². The zero-order valence-electron chi connectivity index (χ0n) is 18.9. The molecule has 0 N–H and O–H groups in total. The van der Waals surface area contributed by atoms with Crippen molar-refractivity contribution in [2.24, 2.45) is 17.3 Å². The van der Waals surface area contributed by atoms with Crippen LogP contribution in [0.5, 0.6) is 0 Å². The third-order valence-corrected chi connectivity index (χ3v) is 10.4. The first kappa shape index (κ1) is 19.9. The van der Waals surface area contributed by atoms with E-state index in [-0.39, 0.29) is 16.6 Å². The van der Waals surface area contributed by atoms with Gasteiger partial charge in [0.05, 0.1) is 19.3 Å².